The van der Waals surface area contributed by atoms with Gasteiger partial charge in [0, 0.05) is 0 Å². The number of nitrogens with zero attached hydrogens (tertiary/aromatic N) is 1. The molecular formula is C29H30N2O7S. The average molecular weight is 551 g/mol. The van der Waals surface area contributed by atoms with E-state index in [-0.39, 0.29) is 12.1 Å². The predicted octanol–water partition coefficient (Wildman–Crippen LogP) is 2.14. The maximum Gasteiger partial charge on any atom is 0.331 e. The minimum Gasteiger partial charge on any atom is -0.484 e. The van der Waals surface area contributed by atoms with Gasteiger partial charge in [0.2, 0.25) is 5.91 Å². The smallest absolute Gasteiger partial charge is 0.331 e. The molecule has 0 aliphatic carbocycles. The standard InChI is InChI=1S/C29H28N2O6S.H2O/c1-29(2)25(28(34)37-24(19-12-6-3-7-13-19)20-14-8-4-9-15-20)31-26(33)23(27(31)38(29)35)30-22(32)18-36-21-16-10-5-11-17-21;/h3-17,23-25,27H,18H2,1-2H3,(H,30,32);1H2/t23?,25?,27-,38?;/m1./s1. The molecule has 0 aromatic heterocycles. The van der Waals surface area contributed by atoms with Crippen LogP contribution in [0.25, 0.3) is 0 Å². The van der Waals surface area contributed by atoms with Crippen LogP contribution in [-0.4, -0.2) is 61.2 Å². The summed E-state index contributed by atoms with van der Waals surface area (Å²) >= 11 is 0. The number of nitrogens with one attached hydrogen (secondary N) is 1. The summed E-state index contributed by atoms with van der Waals surface area (Å²) in [5.41, 5.74) is 1.55. The number of esters is 1. The van der Waals surface area contributed by atoms with Gasteiger partial charge in [-0.15, -0.1) is 0 Å². The minimum atomic E-state index is -1.63. The third-order valence-corrected chi connectivity index (χ3v) is 9.04. The number of para-hydroxylation sites is 1. The Bertz CT molecular complexity index is 1310. The fourth-order valence-corrected chi connectivity index (χ4v) is 6.84. The highest BCUT2D eigenvalue weighted by molar-refractivity contribution is 7.87. The molecule has 0 bridgehead atoms. The van der Waals surface area contributed by atoms with E-state index in [9.17, 15) is 18.6 Å². The van der Waals surface area contributed by atoms with Crippen molar-refractivity contribution in [1.29, 1.82) is 0 Å². The molecule has 0 saturated carbocycles. The van der Waals surface area contributed by atoms with Crippen molar-refractivity contribution in [1.82, 2.24) is 10.2 Å². The first-order valence-electron chi connectivity index (χ1n) is 12.3. The molecule has 3 aromatic rings. The number of hydrogen-bond donors (Lipinski definition) is 1. The molecule has 5 rings (SSSR count). The Labute approximate surface area is 228 Å². The Morgan fingerprint density at radius 1 is 0.923 bits per heavy atom. The fraction of sp³-hybridized carbons (Fsp3) is 0.276. The number of carbonyl (C=O) groups is 3. The SMILES string of the molecule is CC1(C)C(C(=O)OC(c2ccccc2)c2ccccc2)N2C(=O)C(NC(=O)COc3ccccc3)[C@H]2S1=O.O. The van der Waals surface area contributed by atoms with Crippen molar-refractivity contribution in [2.75, 3.05) is 6.61 Å². The van der Waals surface area contributed by atoms with E-state index >= 15 is 0 Å². The maximum atomic E-state index is 13.6. The van der Waals surface area contributed by atoms with E-state index in [0.717, 1.165) is 11.1 Å². The highest BCUT2D eigenvalue weighted by atomic mass is 32.2. The van der Waals surface area contributed by atoms with Gasteiger partial charge in [-0.2, -0.15) is 0 Å². The van der Waals surface area contributed by atoms with Crippen LogP contribution in [-0.2, 0) is 29.9 Å². The van der Waals surface area contributed by atoms with Crippen LogP contribution in [0.1, 0.15) is 31.1 Å². The van der Waals surface area contributed by atoms with E-state index in [0.29, 0.717) is 5.75 Å². The van der Waals surface area contributed by atoms with E-state index in [2.05, 4.69) is 5.32 Å². The number of amides is 2. The maximum absolute atomic E-state index is 13.6. The monoisotopic (exact) mass is 550 g/mol. The third kappa shape index (κ3) is 5.30. The number of hydrogen-bond acceptors (Lipinski definition) is 6. The Morgan fingerprint density at radius 3 is 1.97 bits per heavy atom. The Hall–Kier alpha value is -4.02. The molecule has 2 amide bonds. The van der Waals surface area contributed by atoms with Gasteiger partial charge in [0.25, 0.3) is 5.91 Å². The lowest BCUT2D eigenvalue weighted by Crippen LogP contribution is -2.72. The van der Waals surface area contributed by atoms with Crippen LogP contribution in [0.3, 0.4) is 0 Å². The molecule has 2 fully saturated rings. The summed E-state index contributed by atoms with van der Waals surface area (Å²) in [6.45, 7) is 3.06. The Balaban J connectivity index is 0.00000353. The number of carbonyl (C=O) groups excluding carboxylic acids is 3. The van der Waals surface area contributed by atoms with E-state index in [1.54, 1.807) is 38.1 Å². The van der Waals surface area contributed by atoms with Crippen LogP contribution in [0.5, 0.6) is 5.75 Å². The van der Waals surface area contributed by atoms with E-state index in [1.165, 1.54) is 4.90 Å². The zero-order valence-electron chi connectivity index (χ0n) is 21.5. The van der Waals surface area contributed by atoms with Crippen molar-refractivity contribution in [2.24, 2.45) is 0 Å². The number of β-lactam (4-membered cyclic amide) rings is 1. The summed E-state index contributed by atoms with van der Waals surface area (Å²) < 4.78 is 23.9. The minimum absolute atomic E-state index is 0. The number of fused-ring (bicyclic) bond motifs is 1. The third-order valence-electron chi connectivity index (χ3n) is 6.85. The first kappa shape index (κ1) is 28.0. The van der Waals surface area contributed by atoms with E-state index in [1.807, 2.05) is 66.7 Å². The molecule has 2 aliphatic rings. The molecule has 2 aliphatic heterocycles. The molecule has 2 heterocycles. The zero-order valence-corrected chi connectivity index (χ0v) is 22.3. The van der Waals surface area contributed by atoms with Crippen LogP contribution in [0.4, 0.5) is 0 Å². The molecule has 3 unspecified atom stereocenters. The fourth-order valence-electron chi connectivity index (χ4n) is 4.92. The van der Waals surface area contributed by atoms with Gasteiger partial charge in [-0.3, -0.25) is 13.8 Å². The molecule has 0 radical (unpaired) electrons. The molecule has 9 nitrogen and oxygen atoms in total. The first-order chi connectivity index (χ1) is 18.3. The van der Waals surface area contributed by atoms with Crippen LogP contribution < -0.4 is 10.1 Å². The molecular weight excluding hydrogens is 520 g/mol. The Morgan fingerprint density at radius 2 is 1.44 bits per heavy atom. The van der Waals surface area contributed by atoms with Gasteiger partial charge < -0.3 is 25.2 Å². The highest BCUT2D eigenvalue weighted by Gasteiger charge is 2.68. The topological polar surface area (TPSA) is 134 Å². The molecule has 10 heteroatoms. The average Bonchev–Trinajstić information content (AvgIpc) is 3.13. The summed E-state index contributed by atoms with van der Waals surface area (Å²) in [7, 11) is -1.63. The predicted molar refractivity (Wildman–Crippen MR) is 145 cm³/mol. The van der Waals surface area contributed by atoms with Gasteiger partial charge in [0.05, 0.1) is 15.5 Å². The van der Waals surface area contributed by atoms with Crippen molar-refractivity contribution >= 4 is 28.6 Å². The van der Waals surface area contributed by atoms with Crippen LogP contribution in [0.15, 0.2) is 91.0 Å². The lowest BCUT2D eigenvalue weighted by Gasteiger charge is -2.43. The van der Waals surface area contributed by atoms with Crippen molar-refractivity contribution in [3.8, 4) is 5.75 Å². The number of ether oxygens (including phenoxy) is 2. The van der Waals surface area contributed by atoms with Crippen molar-refractivity contribution in [3.63, 3.8) is 0 Å². The molecule has 3 aromatic carbocycles. The number of benzene rings is 3. The lowest BCUT2D eigenvalue weighted by atomic mass is 9.95. The first-order valence-corrected chi connectivity index (χ1v) is 13.5. The van der Waals surface area contributed by atoms with Crippen molar-refractivity contribution < 1.29 is 33.5 Å². The van der Waals surface area contributed by atoms with Crippen LogP contribution in [0.2, 0.25) is 0 Å². The second kappa shape index (κ2) is 11.4. The van der Waals surface area contributed by atoms with Gasteiger partial charge in [0.15, 0.2) is 12.7 Å². The molecule has 3 N–H and O–H groups in total. The Kier molecular flexibility index (Phi) is 8.17. The van der Waals surface area contributed by atoms with Gasteiger partial charge in [-0.05, 0) is 37.1 Å². The van der Waals surface area contributed by atoms with E-state index in [4.69, 9.17) is 9.47 Å². The van der Waals surface area contributed by atoms with Gasteiger partial charge in [-0.25, -0.2) is 4.79 Å². The molecule has 39 heavy (non-hydrogen) atoms. The van der Waals surface area contributed by atoms with Gasteiger partial charge >= 0.3 is 5.97 Å². The second-order valence-electron chi connectivity index (χ2n) is 9.72. The summed E-state index contributed by atoms with van der Waals surface area (Å²) in [5, 5.41) is 1.80. The van der Waals surface area contributed by atoms with Crippen molar-refractivity contribution in [3.05, 3.63) is 102 Å². The second-order valence-corrected chi connectivity index (χ2v) is 11.9. The quantitative estimate of drug-likeness (QED) is 0.337. The normalized spacial score (nSPS) is 22.7. The summed E-state index contributed by atoms with van der Waals surface area (Å²) in [6, 6.07) is 25.4. The largest absolute Gasteiger partial charge is 0.484 e. The van der Waals surface area contributed by atoms with Crippen LogP contribution in [0, 0.1) is 0 Å². The lowest BCUT2D eigenvalue weighted by molar-refractivity contribution is -0.166. The van der Waals surface area contributed by atoms with Crippen LogP contribution >= 0.6 is 0 Å². The van der Waals surface area contributed by atoms with E-state index < -0.39 is 56.9 Å². The molecule has 0 spiro atoms. The summed E-state index contributed by atoms with van der Waals surface area (Å²) in [4.78, 5) is 40.6. The van der Waals surface area contributed by atoms with Crippen molar-refractivity contribution in [2.45, 2.75) is 42.2 Å². The van der Waals surface area contributed by atoms with Gasteiger partial charge in [0.1, 0.15) is 23.2 Å². The summed E-state index contributed by atoms with van der Waals surface area (Å²) in [5.74, 6) is -1.11. The highest BCUT2D eigenvalue weighted by Crippen LogP contribution is 2.44. The molecule has 4 atom stereocenters. The van der Waals surface area contributed by atoms with Gasteiger partial charge in [-0.1, -0.05) is 78.9 Å². The molecule has 2 saturated heterocycles. The summed E-state index contributed by atoms with van der Waals surface area (Å²) in [6.07, 6.45) is -0.699. The molecule has 204 valence electrons. The zero-order chi connectivity index (χ0) is 26.9. The number of rotatable bonds is 8.